The fraction of sp³-hybridized carbons (Fsp3) is 0.450. The van der Waals surface area contributed by atoms with Crippen molar-refractivity contribution in [1.82, 2.24) is 10.2 Å². The van der Waals surface area contributed by atoms with Gasteiger partial charge in [0.05, 0.1) is 18.5 Å². The van der Waals surface area contributed by atoms with E-state index in [1.54, 1.807) is 6.07 Å². The minimum absolute atomic E-state index is 0.178. The first-order chi connectivity index (χ1) is 12.0. The largest absolute Gasteiger partial charge is 0.459 e. The van der Waals surface area contributed by atoms with E-state index in [0.29, 0.717) is 12.3 Å². The van der Waals surface area contributed by atoms with Crippen LogP contribution in [0, 0.1) is 6.92 Å². The average Bonchev–Trinajstić information content (AvgIpc) is 2.99. The number of hydrogen-bond donors (Lipinski definition) is 1. The molecule has 0 spiro atoms. The number of nitrogens with one attached hydrogen (secondary N) is 1. The smallest absolute Gasteiger partial charge is 0.287 e. The predicted octanol–water partition coefficient (Wildman–Crippen LogP) is 3.13. The van der Waals surface area contributed by atoms with Gasteiger partial charge in [-0.05, 0) is 38.0 Å². The molecular weight excluding hydrogens is 316 g/mol. The van der Waals surface area contributed by atoms with Crippen LogP contribution in [0.3, 0.4) is 0 Å². The minimum Gasteiger partial charge on any atom is -0.459 e. The highest BCUT2D eigenvalue weighted by atomic mass is 16.5. The van der Waals surface area contributed by atoms with Crippen molar-refractivity contribution < 1.29 is 13.9 Å². The number of amides is 1. The third kappa shape index (κ3) is 4.71. The summed E-state index contributed by atoms with van der Waals surface area (Å²) in [7, 11) is 0. The van der Waals surface area contributed by atoms with Gasteiger partial charge in [-0.2, -0.15) is 0 Å². The third-order valence-electron chi connectivity index (χ3n) is 4.45. The van der Waals surface area contributed by atoms with E-state index >= 15 is 0 Å². The number of aryl methyl sites for hydroxylation is 1. The fourth-order valence-electron chi connectivity index (χ4n) is 3.30. The van der Waals surface area contributed by atoms with Crippen molar-refractivity contribution in [2.45, 2.75) is 46.1 Å². The molecule has 0 unspecified atom stereocenters. The zero-order valence-corrected chi connectivity index (χ0v) is 15.1. The quantitative estimate of drug-likeness (QED) is 0.907. The lowest BCUT2D eigenvalue weighted by Crippen LogP contribution is -2.44. The summed E-state index contributed by atoms with van der Waals surface area (Å²) >= 11 is 0. The second-order valence-electron chi connectivity index (χ2n) is 6.88. The molecule has 5 nitrogen and oxygen atoms in total. The number of morpholine rings is 1. The van der Waals surface area contributed by atoms with Gasteiger partial charge in [-0.3, -0.25) is 9.69 Å². The van der Waals surface area contributed by atoms with Crippen molar-refractivity contribution in [3.05, 3.63) is 59.0 Å². The lowest BCUT2D eigenvalue weighted by atomic mass is 10.1. The van der Waals surface area contributed by atoms with Crippen molar-refractivity contribution in [3.63, 3.8) is 0 Å². The maximum atomic E-state index is 12.1. The molecule has 0 radical (unpaired) electrons. The van der Waals surface area contributed by atoms with Crippen molar-refractivity contribution in [2.24, 2.45) is 0 Å². The van der Waals surface area contributed by atoms with Gasteiger partial charge in [-0.25, -0.2) is 0 Å². The topological polar surface area (TPSA) is 54.7 Å². The summed E-state index contributed by atoms with van der Waals surface area (Å²) in [4.78, 5) is 14.5. The number of ether oxygens (including phenoxy) is 1. The van der Waals surface area contributed by atoms with Gasteiger partial charge in [0.25, 0.3) is 5.91 Å². The minimum atomic E-state index is -0.178. The number of benzene rings is 1. The molecule has 1 aliphatic heterocycles. The Morgan fingerprint density at radius 3 is 2.36 bits per heavy atom. The second kappa shape index (κ2) is 7.85. The molecule has 1 fully saturated rings. The van der Waals surface area contributed by atoms with E-state index in [0.717, 1.165) is 30.8 Å². The van der Waals surface area contributed by atoms with E-state index in [9.17, 15) is 4.79 Å². The van der Waals surface area contributed by atoms with Gasteiger partial charge in [0, 0.05) is 31.7 Å². The van der Waals surface area contributed by atoms with E-state index in [1.807, 2.05) is 6.92 Å². The van der Waals surface area contributed by atoms with Gasteiger partial charge >= 0.3 is 0 Å². The van der Waals surface area contributed by atoms with Crippen LogP contribution in [0.25, 0.3) is 0 Å². The molecule has 0 saturated carbocycles. The third-order valence-corrected chi connectivity index (χ3v) is 4.45. The highest BCUT2D eigenvalue weighted by molar-refractivity contribution is 5.92. The Balaban J connectivity index is 1.52. The van der Waals surface area contributed by atoms with E-state index in [4.69, 9.17) is 9.15 Å². The first-order valence-corrected chi connectivity index (χ1v) is 8.79. The first-order valence-electron chi connectivity index (χ1n) is 8.79. The monoisotopic (exact) mass is 342 g/mol. The fourth-order valence-corrected chi connectivity index (χ4v) is 3.30. The van der Waals surface area contributed by atoms with Crippen LogP contribution in [-0.4, -0.2) is 36.1 Å². The molecule has 1 N–H and O–H groups in total. The molecule has 1 aromatic heterocycles. The Morgan fingerprint density at radius 1 is 1.12 bits per heavy atom. The normalized spacial score (nSPS) is 21.2. The molecule has 0 bridgehead atoms. The van der Waals surface area contributed by atoms with Gasteiger partial charge in [0.2, 0.25) is 0 Å². The zero-order valence-electron chi connectivity index (χ0n) is 15.1. The van der Waals surface area contributed by atoms with Gasteiger partial charge in [-0.15, -0.1) is 0 Å². The number of furan rings is 1. The maximum absolute atomic E-state index is 12.1. The molecule has 134 valence electrons. The number of hydrogen-bond acceptors (Lipinski definition) is 4. The summed E-state index contributed by atoms with van der Waals surface area (Å²) in [5, 5.41) is 2.89. The van der Waals surface area contributed by atoms with Gasteiger partial charge in [0.15, 0.2) is 5.76 Å². The highest BCUT2D eigenvalue weighted by Gasteiger charge is 2.21. The Hall–Kier alpha value is -2.11. The number of nitrogens with zero attached hydrogens (tertiary/aromatic N) is 1. The summed E-state index contributed by atoms with van der Waals surface area (Å²) in [5.41, 5.74) is 3.20. The Kier molecular flexibility index (Phi) is 5.56. The molecule has 2 aromatic rings. The average molecular weight is 342 g/mol. The first kappa shape index (κ1) is 17.7. The summed E-state index contributed by atoms with van der Waals surface area (Å²) in [6.07, 6.45) is 2.10. The van der Waals surface area contributed by atoms with Crippen LogP contribution >= 0.6 is 0 Å². The van der Waals surface area contributed by atoms with E-state index in [-0.39, 0.29) is 18.1 Å². The molecule has 1 aromatic carbocycles. The lowest BCUT2D eigenvalue weighted by molar-refractivity contribution is -0.0704. The summed E-state index contributed by atoms with van der Waals surface area (Å²) in [5.74, 6) is 0.204. The Morgan fingerprint density at radius 2 is 1.76 bits per heavy atom. The van der Waals surface area contributed by atoms with Gasteiger partial charge in [-0.1, -0.05) is 24.3 Å². The number of carbonyl (C=O) groups is 1. The summed E-state index contributed by atoms with van der Waals surface area (Å²) in [6.45, 7) is 9.45. The molecular formula is C20H26N2O3. The van der Waals surface area contributed by atoms with Crippen LogP contribution in [0.4, 0.5) is 0 Å². The molecule has 2 heterocycles. The van der Waals surface area contributed by atoms with Gasteiger partial charge in [0.1, 0.15) is 0 Å². The van der Waals surface area contributed by atoms with E-state index < -0.39 is 0 Å². The SMILES string of the molecule is Cc1ccoc1C(=O)NCc1ccc(CN2C[C@@H](C)O[C@H](C)C2)cc1. The van der Waals surface area contributed by atoms with Crippen molar-refractivity contribution in [1.29, 1.82) is 0 Å². The maximum Gasteiger partial charge on any atom is 0.287 e. The zero-order chi connectivity index (χ0) is 17.8. The van der Waals surface area contributed by atoms with E-state index in [2.05, 4.69) is 48.3 Å². The second-order valence-corrected chi connectivity index (χ2v) is 6.88. The van der Waals surface area contributed by atoms with Crippen molar-refractivity contribution in [3.8, 4) is 0 Å². The molecule has 5 heteroatoms. The molecule has 1 aliphatic rings. The highest BCUT2D eigenvalue weighted by Crippen LogP contribution is 2.15. The summed E-state index contributed by atoms with van der Waals surface area (Å²) < 4.78 is 11.0. The predicted molar refractivity (Wildman–Crippen MR) is 96.3 cm³/mol. The van der Waals surface area contributed by atoms with Crippen LogP contribution in [0.2, 0.25) is 0 Å². The van der Waals surface area contributed by atoms with Gasteiger partial charge < -0.3 is 14.5 Å². The van der Waals surface area contributed by atoms with Crippen LogP contribution < -0.4 is 5.32 Å². The van der Waals surface area contributed by atoms with Crippen LogP contribution in [0.1, 0.15) is 41.1 Å². The molecule has 1 saturated heterocycles. The molecule has 2 atom stereocenters. The molecule has 1 amide bonds. The molecule has 0 aliphatic carbocycles. The van der Waals surface area contributed by atoms with Crippen LogP contribution in [0.5, 0.6) is 0 Å². The van der Waals surface area contributed by atoms with Crippen molar-refractivity contribution in [2.75, 3.05) is 13.1 Å². The van der Waals surface area contributed by atoms with Crippen LogP contribution in [-0.2, 0) is 17.8 Å². The van der Waals surface area contributed by atoms with Crippen molar-refractivity contribution >= 4 is 5.91 Å². The van der Waals surface area contributed by atoms with Crippen LogP contribution in [0.15, 0.2) is 41.0 Å². The lowest BCUT2D eigenvalue weighted by Gasteiger charge is -2.35. The Bertz CT molecular complexity index is 698. The number of carbonyl (C=O) groups excluding carboxylic acids is 1. The summed E-state index contributed by atoms with van der Waals surface area (Å²) in [6, 6.07) is 10.2. The molecule has 3 rings (SSSR count). The van der Waals surface area contributed by atoms with E-state index in [1.165, 1.54) is 11.8 Å². The molecule has 25 heavy (non-hydrogen) atoms. The number of rotatable bonds is 5. The Labute approximate surface area is 149 Å². The standard InChI is InChI=1S/C20H26N2O3/c1-14-8-9-24-19(14)20(23)21-10-17-4-6-18(7-5-17)13-22-11-15(2)25-16(3)12-22/h4-9,15-16H,10-13H2,1-3H3,(H,21,23)/t15-,16-/m1/s1.